The standard InChI is InChI=1S/C24H27N3O3S/c1-29-20-7-3-17(4-8-20)15-22-25-26-24(31-22)19-11-13-27(14-12-19)23(28)16-18-5-9-21(30-2)10-6-18/h3-10,19H,11-16H2,1-2H3. The van der Waals surface area contributed by atoms with Crippen molar-refractivity contribution in [3.05, 3.63) is 69.7 Å². The Morgan fingerprint density at radius 2 is 1.52 bits per heavy atom. The zero-order chi connectivity index (χ0) is 21.6. The fourth-order valence-electron chi connectivity index (χ4n) is 3.83. The number of methoxy groups -OCH3 is 2. The van der Waals surface area contributed by atoms with Crippen molar-refractivity contribution in [3.63, 3.8) is 0 Å². The van der Waals surface area contributed by atoms with Gasteiger partial charge in [-0.15, -0.1) is 21.5 Å². The second-order valence-electron chi connectivity index (χ2n) is 7.74. The first-order chi connectivity index (χ1) is 15.1. The maximum Gasteiger partial charge on any atom is 0.226 e. The van der Waals surface area contributed by atoms with Gasteiger partial charge in [0.1, 0.15) is 21.5 Å². The molecule has 1 aliphatic heterocycles. The summed E-state index contributed by atoms with van der Waals surface area (Å²) in [6.45, 7) is 1.54. The topological polar surface area (TPSA) is 64.5 Å². The quantitative estimate of drug-likeness (QED) is 0.557. The summed E-state index contributed by atoms with van der Waals surface area (Å²) in [4.78, 5) is 14.7. The first kappa shape index (κ1) is 21.3. The molecule has 4 rings (SSSR count). The molecule has 31 heavy (non-hydrogen) atoms. The molecule has 2 heterocycles. The Bertz CT molecular complexity index is 994. The van der Waals surface area contributed by atoms with E-state index in [-0.39, 0.29) is 5.91 Å². The Balaban J connectivity index is 1.28. The fourth-order valence-corrected chi connectivity index (χ4v) is 4.87. The molecule has 0 unspecified atom stereocenters. The van der Waals surface area contributed by atoms with Crippen LogP contribution in [0.1, 0.15) is 39.9 Å². The van der Waals surface area contributed by atoms with Crippen molar-refractivity contribution in [1.29, 1.82) is 0 Å². The molecule has 0 aliphatic carbocycles. The van der Waals surface area contributed by atoms with Crippen LogP contribution in [0.25, 0.3) is 0 Å². The van der Waals surface area contributed by atoms with Gasteiger partial charge in [0, 0.05) is 25.4 Å². The third kappa shape index (κ3) is 5.41. The number of amides is 1. The summed E-state index contributed by atoms with van der Waals surface area (Å²) in [6, 6.07) is 15.8. The molecule has 2 aromatic carbocycles. The van der Waals surface area contributed by atoms with Crippen LogP contribution in [0, 0.1) is 0 Å². The monoisotopic (exact) mass is 437 g/mol. The minimum atomic E-state index is 0.182. The van der Waals surface area contributed by atoms with Gasteiger partial charge in [-0.1, -0.05) is 24.3 Å². The lowest BCUT2D eigenvalue weighted by Gasteiger charge is -2.31. The van der Waals surface area contributed by atoms with Gasteiger partial charge in [-0.3, -0.25) is 4.79 Å². The van der Waals surface area contributed by atoms with Crippen molar-refractivity contribution in [2.75, 3.05) is 27.3 Å². The highest BCUT2D eigenvalue weighted by molar-refractivity contribution is 7.11. The predicted molar refractivity (Wildman–Crippen MR) is 121 cm³/mol. The number of nitrogens with zero attached hydrogens (tertiary/aromatic N) is 3. The lowest BCUT2D eigenvalue weighted by atomic mass is 9.97. The first-order valence-electron chi connectivity index (χ1n) is 10.5. The van der Waals surface area contributed by atoms with Gasteiger partial charge in [0.2, 0.25) is 5.91 Å². The third-order valence-corrected chi connectivity index (χ3v) is 6.79. The van der Waals surface area contributed by atoms with E-state index in [0.29, 0.717) is 12.3 Å². The van der Waals surface area contributed by atoms with Crippen LogP contribution in [0.4, 0.5) is 0 Å². The molecule has 0 N–H and O–H groups in total. The second kappa shape index (κ2) is 9.92. The van der Waals surface area contributed by atoms with Gasteiger partial charge in [-0.05, 0) is 48.2 Å². The molecule has 7 heteroatoms. The number of ether oxygens (including phenoxy) is 2. The van der Waals surface area contributed by atoms with E-state index in [2.05, 4.69) is 22.3 Å². The van der Waals surface area contributed by atoms with Crippen molar-refractivity contribution in [2.24, 2.45) is 0 Å². The van der Waals surface area contributed by atoms with Gasteiger partial charge in [0.25, 0.3) is 0 Å². The van der Waals surface area contributed by atoms with Crippen LogP contribution >= 0.6 is 11.3 Å². The van der Waals surface area contributed by atoms with Gasteiger partial charge in [-0.2, -0.15) is 0 Å². The van der Waals surface area contributed by atoms with E-state index in [0.717, 1.165) is 59.4 Å². The van der Waals surface area contributed by atoms with E-state index in [1.165, 1.54) is 5.56 Å². The minimum Gasteiger partial charge on any atom is -0.497 e. The Morgan fingerprint density at radius 3 is 2.10 bits per heavy atom. The molecular weight excluding hydrogens is 410 g/mol. The van der Waals surface area contributed by atoms with Crippen molar-refractivity contribution < 1.29 is 14.3 Å². The van der Waals surface area contributed by atoms with E-state index in [4.69, 9.17) is 9.47 Å². The summed E-state index contributed by atoms with van der Waals surface area (Å²) < 4.78 is 10.4. The summed E-state index contributed by atoms with van der Waals surface area (Å²) in [5.41, 5.74) is 2.21. The molecule has 0 bridgehead atoms. The van der Waals surface area contributed by atoms with E-state index in [1.807, 2.05) is 41.3 Å². The summed E-state index contributed by atoms with van der Waals surface area (Å²) in [5, 5.41) is 11.0. The Hall–Kier alpha value is -2.93. The Morgan fingerprint density at radius 1 is 0.935 bits per heavy atom. The molecule has 0 saturated carbocycles. The number of carbonyl (C=O) groups excluding carboxylic acids is 1. The molecule has 1 saturated heterocycles. The average Bonchev–Trinajstić information content (AvgIpc) is 3.28. The van der Waals surface area contributed by atoms with Crippen LogP contribution in [0.3, 0.4) is 0 Å². The van der Waals surface area contributed by atoms with Gasteiger partial charge in [0.05, 0.1) is 20.6 Å². The SMILES string of the molecule is COc1ccc(CC(=O)N2CCC(c3nnc(Cc4ccc(OC)cc4)s3)CC2)cc1. The lowest BCUT2D eigenvalue weighted by molar-refractivity contribution is -0.131. The maximum atomic E-state index is 12.7. The van der Waals surface area contributed by atoms with Crippen molar-refractivity contribution >= 4 is 17.2 Å². The number of likely N-dealkylation sites (tertiary alicyclic amines) is 1. The molecule has 3 aromatic rings. The van der Waals surface area contributed by atoms with Crippen LogP contribution in [0.15, 0.2) is 48.5 Å². The summed E-state index contributed by atoms with van der Waals surface area (Å²) in [5.74, 6) is 2.23. The summed E-state index contributed by atoms with van der Waals surface area (Å²) in [7, 11) is 3.31. The zero-order valence-electron chi connectivity index (χ0n) is 17.9. The number of hydrogen-bond donors (Lipinski definition) is 0. The van der Waals surface area contributed by atoms with E-state index >= 15 is 0 Å². The molecule has 1 amide bonds. The number of aromatic nitrogens is 2. The maximum absolute atomic E-state index is 12.7. The highest BCUT2D eigenvalue weighted by atomic mass is 32.1. The van der Waals surface area contributed by atoms with Crippen LogP contribution < -0.4 is 9.47 Å². The van der Waals surface area contributed by atoms with Gasteiger partial charge >= 0.3 is 0 Å². The minimum absolute atomic E-state index is 0.182. The van der Waals surface area contributed by atoms with Crippen LogP contribution in [0.5, 0.6) is 11.5 Å². The second-order valence-corrected chi connectivity index (χ2v) is 8.83. The van der Waals surface area contributed by atoms with Crippen LogP contribution in [-0.4, -0.2) is 48.3 Å². The summed E-state index contributed by atoms with van der Waals surface area (Å²) >= 11 is 1.69. The van der Waals surface area contributed by atoms with Gasteiger partial charge < -0.3 is 14.4 Å². The molecule has 1 aliphatic rings. The molecule has 0 atom stereocenters. The highest BCUT2D eigenvalue weighted by Crippen LogP contribution is 2.31. The van der Waals surface area contributed by atoms with Crippen molar-refractivity contribution in [1.82, 2.24) is 15.1 Å². The van der Waals surface area contributed by atoms with Gasteiger partial charge in [-0.25, -0.2) is 0 Å². The number of piperidine rings is 1. The predicted octanol–water partition coefficient (Wildman–Crippen LogP) is 4.09. The number of rotatable bonds is 7. The number of carbonyl (C=O) groups is 1. The molecule has 6 nitrogen and oxygen atoms in total. The van der Waals surface area contributed by atoms with Crippen LogP contribution in [0.2, 0.25) is 0 Å². The Kier molecular flexibility index (Phi) is 6.82. The molecular formula is C24H27N3O3S. The zero-order valence-corrected chi connectivity index (χ0v) is 18.7. The highest BCUT2D eigenvalue weighted by Gasteiger charge is 2.26. The van der Waals surface area contributed by atoms with Crippen LogP contribution in [-0.2, 0) is 17.6 Å². The lowest BCUT2D eigenvalue weighted by Crippen LogP contribution is -2.38. The van der Waals surface area contributed by atoms with E-state index < -0.39 is 0 Å². The fraction of sp³-hybridized carbons (Fsp3) is 0.375. The first-order valence-corrected chi connectivity index (χ1v) is 11.3. The molecule has 1 fully saturated rings. The normalized spacial score (nSPS) is 14.5. The number of hydrogen-bond acceptors (Lipinski definition) is 6. The molecule has 162 valence electrons. The molecule has 1 aromatic heterocycles. The average molecular weight is 438 g/mol. The third-order valence-electron chi connectivity index (χ3n) is 5.71. The van der Waals surface area contributed by atoms with E-state index in [9.17, 15) is 4.79 Å². The largest absolute Gasteiger partial charge is 0.497 e. The molecule has 0 spiro atoms. The molecule has 0 radical (unpaired) electrons. The number of benzene rings is 2. The smallest absolute Gasteiger partial charge is 0.226 e. The van der Waals surface area contributed by atoms with E-state index in [1.54, 1.807) is 25.6 Å². The summed E-state index contributed by atoms with van der Waals surface area (Å²) in [6.07, 6.45) is 3.08. The van der Waals surface area contributed by atoms with Crippen molar-refractivity contribution in [3.8, 4) is 11.5 Å². The Labute approximate surface area is 186 Å². The van der Waals surface area contributed by atoms with Crippen molar-refractivity contribution in [2.45, 2.75) is 31.6 Å². The van der Waals surface area contributed by atoms with Gasteiger partial charge in [0.15, 0.2) is 0 Å².